The highest BCUT2D eigenvalue weighted by molar-refractivity contribution is 7.03. The number of para-hydroxylation sites is 1. The van der Waals surface area contributed by atoms with Crippen LogP contribution >= 0.6 is 23.9 Å². The van der Waals surface area contributed by atoms with Gasteiger partial charge in [0.1, 0.15) is 5.75 Å². The Kier molecular flexibility index (Phi) is 5.93. The summed E-state index contributed by atoms with van der Waals surface area (Å²) >= 11 is 1.40. The number of halogens is 1. The predicted octanol–water partition coefficient (Wildman–Crippen LogP) is 2.12. The predicted molar refractivity (Wildman–Crippen MR) is 86.2 cm³/mol. The summed E-state index contributed by atoms with van der Waals surface area (Å²) in [6, 6.07) is 8.54. The molecule has 1 aromatic heterocycles. The zero-order valence-electron chi connectivity index (χ0n) is 11.9. The highest BCUT2D eigenvalue weighted by Crippen LogP contribution is 2.30. The Morgan fingerprint density at radius 1 is 1.43 bits per heavy atom. The number of nitrogens with zero attached hydrogens (tertiary/aromatic N) is 3. The fourth-order valence-electron chi connectivity index (χ4n) is 2.64. The Labute approximate surface area is 134 Å². The van der Waals surface area contributed by atoms with Gasteiger partial charge >= 0.3 is 0 Å². The van der Waals surface area contributed by atoms with Crippen LogP contribution in [0.25, 0.3) is 0 Å². The zero-order chi connectivity index (χ0) is 13.8. The lowest BCUT2D eigenvalue weighted by atomic mass is 10.0. The van der Waals surface area contributed by atoms with Gasteiger partial charge in [0.2, 0.25) is 0 Å². The zero-order valence-corrected chi connectivity index (χ0v) is 13.5. The molecule has 1 aliphatic heterocycles. The average Bonchev–Trinajstić information content (AvgIpc) is 3.01. The summed E-state index contributed by atoms with van der Waals surface area (Å²) in [6.07, 6.45) is 0. The average molecular weight is 327 g/mol. The normalized spacial score (nSPS) is 19.0. The third kappa shape index (κ3) is 3.71. The van der Waals surface area contributed by atoms with E-state index in [1.54, 1.807) is 7.11 Å². The van der Waals surface area contributed by atoms with Crippen molar-refractivity contribution in [2.75, 3.05) is 26.7 Å². The summed E-state index contributed by atoms with van der Waals surface area (Å²) in [4.78, 5) is 2.44. The Bertz CT molecular complexity index is 552. The van der Waals surface area contributed by atoms with Gasteiger partial charge in [-0.3, -0.25) is 4.90 Å². The van der Waals surface area contributed by atoms with E-state index < -0.39 is 0 Å². The van der Waals surface area contributed by atoms with Gasteiger partial charge in [0.15, 0.2) is 0 Å². The second kappa shape index (κ2) is 7.70. The molecule has 0 amide bonds. The number of hydrogen-bond donors (Lipinski definition) is 1. The molecular formula is C14H19ClN4OS. The van der Waals surface area contributed by atoms with Crippen molar-refractivity contribution in [3.8, 4) is 5.75 Å². The molecular weight excluding hydrogens is 308 g/mol. The van der Waals surface area contributed by atoms with Gasteiger partial charge in [0.25, 0.3) is 0 Å². The van der Waals surface area contributed by atoms with Crippen molar-refractivity contribution in [2.24, 2.45) is 0 Å². The maximum absolute atomic E-state index is 5.50. The van der Waals surface area contributed by atoms with Crippen molar-refractivity contribution in [1.82, 2.24) is 19.8 Å². The van der Waals surface area contributed by atoms with Crippen molar-refractivity contribution in [1.29, 1.82) is 0 Å². The molecule has 0 aliphatic carbocycles. The first-order valence-corrected chi connectivity index (χ1v) is 7.56. The van der Waals surface area contributed by atoms with E-state index in [1.165, 1.54) is 17.1 Å². The minimum absolute atomic E-state index is 0. The summed E-state index contributed by atoms with van der Waals surface area (Å²) < 4.78 is 9.45. The van der Waals surface area contributed by atoms with Gasteiger partial charge in [-0.25, -0.2) is 0 Å². The monoisotopic (exact) mass is 326 g/mol. The quantitative estimate of drug-likeness (QED) is 0.932. The Morgan fingerprint density at radius 3 is 3.05 bits per heavy atom. The van der Waals surface area contributed by atoms with Crippen LogP contribution in [0.1, 0.15) is 17.3 Å². The molecule has 0 radical (unpaired) electrons. The van der Waals surface area contributed by atoms with Gasteiger partial charge in [0, 0.05) is 37.1 Å². The summed E-state index contributed by atoms with van der Waals surface area (Å²) in [6.45, 7) is 3.77. The van der Waals surface area contributed by atoms with Crippen molar-refractivity contribution >= 4 is 23.9 Å². The number of rotatable bonds is 4. The molecule has 1 N–H and O–H groups in total. The second-order valence-corrected chi connectivity index (χ2v) is 5.44. The molecule has 7 heteroatoms. The van der Waals surface area contributed by atoms with Gasteiger partial charge in [-0.05, 0) is 17.6 Å². The Balaban J connectivity index is 0.00000161. The molecule has 5 nitrogen and oxygen atoms in total. The molecule has 0 spiro atoms. The maximum Gasteiger partial charge on any atom is 0.123 e. The number of methoxy groups -OCH3 is 1. The van der Waals surface area contributed by atoms with Crippen LogP contribution in [-0.2, 0) is 6.54 Å². The number of aromatic nitrogens is 2. The Hall–Kier alpha value is -1.21. The molecule has 1 atom stereocenters. The largest absolute Gasteiger partial charge is 0.496 e. The lowest BCUT2D eigenvalue weighted by Crippen LogP contribution is -2.45. The van der Waals surface area contributed by atoms with E-state index in [9.17, 15) is 0 Å². The second-order valence-electron chi connectivity index (χ2n) is 4.83. The van der Waals surface area contributed by atoms with E-state index in [2.05, 4.69) is 31.9 Å². The van der Waals surface area contributed by atoms with Gasteiger partial charge in [-0.2, -0.15) is 0 Å². The minimum Gasteiger partial charge on any atom is -0.496 e. The minimum atomic E-state index is 0. The fraction of sp³-hybridized carbons (Fsp3) is 0.429. The molecule has 0 saturated carbocycles. The van der Waals surface area contributed by atoms with Gasteiger partial charge in [-0.15, -0.1) is 17.5 Å². The molecule has 2 heterocycles. The lowest BCUT2D eigenvalue weighted by molar-refractivity contribution is 0.149. The van der Waals surface area contributed by atoms with E-state index >= 15 is 0 Å². The number of benzene rings is 1. The van der Waals surface area contributed by atoms with E-state index in [4.69, 9.17) is 4.74 Å². The lowest BCUT2D eigenvalue weighted by Gasteiger charge is -2.36. The first kappa shape index (κ1) is 16.2. The number of ether oxygens (including phenoxy) is 1. The van der Waals surface area contributed by atoms with Crippen LogP contribution < -0.4 is 10.1 Å². The SMILES string of the molecule is COc1ccccc1C1CNCCN1Cc1csnn1.Cl. The van der Waals surface area contributed by atoms with Crippen LogP contribution in [0, 0.1) is 0 Å². The van der Waals surface area contributed by atoms with Crippen LogP contribution in [0.3, 0.4) is 0 Å². The van der Waals surface area contributed by atoms with Crippen molar-refractivity contribution < 1.29 is 4.74 Å². The van der Waals surface area contributed by atoms with Crippen LogP contribution in [0.5, 0.6) is 5.75 Å². The topological polar surface area (TPSA) is 50.3 Å². The number of hydrogen-bond acceptors (Lipinski definition) is 6. The summed E-state index contributed by atoms with van der Waals surface area (Å²) in [5.41, 5.74) is 2.27. The molecule has 21 heavy (non-hydrogen) atoms. The molecule has 3 rings (SSSR count). The first-order chi connectivity index (χ1) is 9.88. The van der Waals surface area contributed by atoms with Gasteiger partial charge < -0.3 is 10.1 Å². The molecule has 1 fully saturated rings. The highest BCUT2D eigenvalue weighted by atomic mass is 35.5. The van der Waals surface area contributed by atoms with E-state index in [-0.39, 0.29) is 12.4 Å². The van der Waals surface area contributed by atoms with Gasteiger partial charge in [-0.1, -0.05) is 22.7 Å². The summed E-state index contributed by atoms with van der Waals surface area (Å²) in [5, 5.41) is 9.63. The molecule has 1 saturated heterocycles. The van der Waals surface area contributed by atoms with E-state index in [1.807, 2.05) is 17.5 Å². The third-order valence-electron chi connectivity index (χ3n) is 3.62. The standard InChI is InChI=1S/C14H18N4OS.ClH/c1-19-14-5-3-2-4-12(14)13-8-15-6-7-18(13)9-11-10-20-17-16-11;/h2-5,10,13,15H,6-9H2,1H3;1H. The van der Waals surface area contributed by atoms with Crippen molar-refractivity contribution in [3.05, 3.63) is 40.9 Å². The molecule has 1 aromatic carbocycles. The smallest absolute Gasteiger partial charge is 0.123 e. The van der Waals surface area contributed by atoms with Crippen LogP contribution in [0.4, 0.5) is 0 Å². The Morgan fingerprint density at radius 2 is 2.29 bits per heavy atom. The summed E-state index contributed by atoms with van der Waals surface area (Å²) in [7, 11) is 1.73. The molecule has 2 aromatic rings. The molecule has 0 bridgehead atoms. The van der Waals surface area contributed by atoms with Crippen LogP contribution in [-0.4, -0.2) is 41.2 Å². The van der Waals surface area contributed by atoms with E-state index in [0.29, 0.717) is 6.04 Å². The van der Waals surface area contributed by atoms with Crippen LogP contribution in [0.2, 0.25) is 0 Å². The highest BCUT2D eigenvalue weighted by Gasteiger charge is 2.26. The summed E-state index contributed by atoms with van der Waals surface area (Å²) in [5.74, 6) is 0.947. The molecule has 1 aliphatic rings. The number of nitrogens with one attached hydrogen (secondary N) is 1. The van der Waals surface area contributed by atoms with Crippen molar-refractivity contribution in [2.45, 2.75) is 12.6 Å². The number of piperazine rings is 1. The van der Waals surface area contributed by atoms with E-state index in [0.717, 1.165) is 37.6 Å². The molecule has 1 unspecified atom stereocenters. The van der Waals surface area contributed by atoms with Crippen LogP contribution in [0.15, 0.2) is 29.6 Å². The fourth-order valence-corrected chi connectivity index (χ4v) is 3.09. The maximum atomic E-state index is 5.50. The third-order valence-corrected chi connectivity index (χ3v) is 4.18. The first-order valence-electron chi connectivity index (χ1n) is 6.72. The van der Waals surface area contributed by atoms with Crippen molar-refractivity contribution in [3.63, 3.8) is 0 Å². The van der Waals surface area contributed by atoms with Gasteiger partial charge in [0.05, 0.1) is 18.8 Å². The molecule has 114 valence electrons.